The van der Waals surface area contributed by atoms with Crippen LogP contribution in [0.3, 0.4) is 0 Å². The van der Waals surface area contributed by atoms with Gasteiger partial charge in [-0.15, -0.1) is 0 Å². The van der Waals surface area contributed by atoms with E-state index >= 15 is 0 Å². The lowest BCUT2D eigenvalue weighted by atomic mass is 10.1. The van der Waals surface area contributed by atoms with Crippen molar-refractivity contribution in [3.63, 3.8) is 0 Å². The van der Waals surface area contributed by atoms with E-state index in [1.54, 1.807) is 24.3 Å². The Morgan fingerprint density at radius 1 is 0.846 bits per heavy atom. The molecule has 4 aromatic rings. The normalized spacial score (nSPS) is 11.1. The van der Waals surface area contributed by atoms with Crippen molar-refractivity contribution in [1.29, 1.82) is 0 Å². The van der Waals surface area contributed by atoms with Gasteiger partial charge in [0.2, 0.25) is 10.0 Å². The van der Waals surface area contributed by atoms with E-state index in [4.69, 9.17) is 4.74 Å². The highest BCUT2D eigenvalue weighted by Crippen LogP contribution is 2.36. The van der Waals surface area contributed by atoms with Crippen LogP contribution < -0.4 is 14.4 Å². The first-order chi connectivity index (χ1) is 18.8. The van der Waals surface area contributed by atoms with Gasteiger partial charge < -0.3 is 10.1 Å². The van der Waals surface area contributed by atoms with Gasteiger partial charge in [-0.05, 0) is 66.1 Å². The van der Waals surface area contributed by atoms with Gasteiger partial charge in [0.15, 0.2) is 0 Å². The zero-order chi connectivity index (χ0) is 27.7. The molecular formula is C31H32N2O4S2. The summed E-state index contributed by atoms with van der Waals surface area (Å²) < 4.78 is 32.8. The van der Waals surface area contributed by atoms with E-state index in [0.29, 0.717) is 24.4 Å². The SMILES string of the molecule is CCc1ccc(OCCNC(=O)c2ccc(CN(c3ccccc3Sc3ccccc3)S(C)(=O)=O)cc2)cc1. The van der Waals surface area contributed by atoms with E-state index in [2.05, 4.69) is 12.2 Å². The minimum absolute atomic E-state index is 0.151. The van der Waals surface area contributed by atoms with E-state index in [1.165, 1.54) is 27.9 Å². The van der Waals surface area contributed by atoms with Gasteiger partial charge in [-0.2, -0.15) is 0 Å². The van der Waals surface area contributed by atoms with Crippen molar-refractivity contribution in [2.45, 2.75) is 29.7 Å². The van der Waals surface area contributed by atoms with Gasteiger partial charge in [0.05, 0.1) is 25.0 Å². The molecule has 1 amide bonds. The Morgan fingerprint density at radius 2 is 1.49 bits per heavy atom. The quantitative estimate of drug-likeness (QED) is 0.210. The summed E-state index contributed by atoms with van der Waals surface area (Å²) in [6.07, 6.45) is 2.18. The smallest absolute Gasteiger partial charge is 0.251 e. The van der Waals surface area contributed by atoms with Crippen LogP contribution in [0.1, 0.15) is 28.4 Å². The molecule has 0 aliphatic carbocycles. The van der Waals surface area contributed by atoms with Crippen molar-refractivity contribution in [2.24, 2.45) is 0 Å². The lowest BCUT2D eigenvalue weighted by Crippen LogP contribution is -2.30. The molecule has 0 saturated carbocycles. The van der Waals surface area contributed by atoms with Crippen molar-refractivity contribution < 1.29 is 17.9 Å². The molecule has 0 atom stereocenters. The third-order valence-electron chi connectivity index (χ3n) is 6.04. The van der Waals surface area contributed by atoms with Crippen molar-refractivity contribution in [1.82, 2.24) is 5.32 Å². The van der Waals surface area contributed by atoms with Crippen molar-refractivity contribution in [2.75, 3.05) is 23.7 Å². The van der Waals surface area contributed by atoms with E-state index in [-0.39, 0.29) is 12.5 Å². The number of nitrogens with zero attached hydrogens (tertiary/aromatic N) is 1. The number of sulfonamides is 1. The van der Waals surface area contributed by atoms with Crippen LogP contribution in [-0.2, 0) is 23.0 Å². The lowest BCUT2D eigenvalue weighted by molar-refractivity contribution is 0.0947. The third kappa shape index (κ3) is 8.12. The van der Waals surface area contributed by atoms with Gasteiger partial charge >= 0.3 is 0 Å². The summed E-state index contributed by atoms with van der Waals surface area (Å²) in [5.74, 6) is 0.557. The molecule has 4 rings (SSSR count). The number of para-hydroxylation sites is 1. The number of aryl methyl sites for hydroxylation is 1. The zero-order valence-electron chi connectivity index (χ0n) is 22.0. The molecule has 0 spiro atoms. The van der Waals surface area contributed by atoms with Gasteiger partial charge in [0.25, 0.3) is 5.91 Å². The first-order valence-corrected chi connectivity index (χ1v) is 15.4. The Hall–Kier alpha value is -3.75. The highest BCUT2D eigenvalue weighted by molar-refractivity contribution is 7.99. The molecule has 4 aromatic carbocycles. The van der Waals surface area contributed by atoms with Crippen LogP contribution in [0.15, 0.2) is 113 Å². The Morgan fingerprint density at radius 3 is 2.15 bits per heavy atom. The van der Waals surface area contributed by atoms with E-state index in [1.807, 2.05) is 78.9 Å². The minimum atomic E-state index is -3.57. The topological polar surface area (TPSA) is 75.7 Å². The summed E-state index contributed by atoms with van der Waals surface area (Å²) in [7, 11) is -3.57. The number of nitrogens with one attached hydrogen (secondary N) is 1. The van der Waals surface area contributed by atoms with Gasteiger partial charge in [-0.25, -0.2) is 8.42 Å². The Labute approximate surface area is 235 Å². The number of carbonyl (C=O) groups is 1. The lowest BCUT2D eigenvalue weighted by Gasteiger charge is -2.25. The van der Waals surface area contributed by atoms with Crippen LogP contribution in [0.4, 0.5) is 5.69 Å². The fraction of sp³-hybridized carbons (Fsp3) is 0.194. The highest BCUT2D eigenvalue weighted by Gasteiger charge is 2.21. The number of benzene rings is 4. The fourth-order valence-corrected chi connectivity index (χ4v) is 5.86. The molecule has 0 bridgehead atoms. The molecule has 0 saturated heterocycles. The molecule has 1 N–H and O–H groups in total. The predicted octanol–water partition coefficient (Wildman–Crippen LogP) is 6.18. The number of anilines is 1. The Bertz CT molecular complexity index is 1470. The average Bonchev–Trinajstić information content (AvgIpc) is 2.95. The molecule has 0 aliphatic heterocycles. The maximum atomic E-state index is 12.8. The predicted molar refractivity (Wildman–Crippen MR) is 158 cm³/mol. The first kappa shape index (κ1) is 28.3. The third-order valence-corrected chi connectivity index (χ3v) is 8.24. The van der Waals surface area contributed by atoms with E-state index < -0.39 is 10.0 Å². The highest BCUT2D eigenvalue weighted by atomic mass is 32.2. The van der Waals surface area contributed by atoms with Crippen molar-refractivity contribution >= 4 is 33.4 Å². The standard InChI is InChI=1S/C31H32N2O4S2/c1-3-24-15-19-27(20-16-24)37-22-21-32-31(34)26-17-13-25(14-18-26)23-33(39(2,35)36)29-11-7-8-12-30(29)38-28-9-5-4-6-10-28/h4-20H,3,21-23H2,1-2H3,(H,32,34). The summed E-state index contributed by atoms with van der Waals surface area (Å²) >= 11 is 1.52. The zero-order valence-corrected chi connectivity index (χ0v) is 23.7. The largest absolute Gasteiger partial charge is 0.492 e. The second kappa shape index (κ2) is 13.4. The van der Waals surface area contributed by atoms with Crippen LogP contribution in [-0.4, -0.2) is 33.7 Å². The van der Waals surface area contributed by atoms with E-state index in [0.717, 1.165) is 27.5 Å². The van der Waals surface area contributed by atoms with Gasteiger partial charge in [-0.3, -0.25) is 9.10 Å². The molecule has 6 nitrogen and oxygen atoms in total. The number of amides is 1. The second-order valence-corrected chi connectivity index (χ2v) is 12.0. The van der Waals surface area contributed by atoms with Crippen molar-refractivity contribution in [3.8, 4) is 5.75 Å². The molecule has 0 aromatic heterocycles. The summed E-state index contributed by atoms with van der Waals surface area (Å²) in [4.78, 5) is 14.5. The average molecular weight is 561 g/mol. The maximum Gasteiger partial charge on any atom is 0.251 e. The molecule has 0 heterocycles. The van der Waals surface area contributed by atoms with Crippen LogP contribution in [0.25, 0.3) is 0 Å². The van der Waals surface area contributed by atoms with E-state index in [9.17, 15) is 13.2 Å². The number of hydrogen-bond acceptors (Lipinski definition) is 5. The first-order valence-electron chi connectivity index (χ1n) is 12.7. The molecular weight excluding hydrogens is 528 g/mol. The fourth-order valence-electron chi connectivity index (χ4n) is 3.93. The molecule has 0 aliphatic rings. The molecule has 0 fully saturated rings. The summed E-state index contributed by atoms with van der Waals surface area (Å²) in [5, 5.41) is 2.86. The van der Waals surface area contributed by atoms with Crippen LogP contribution in [0.5, 0.6) is 5.75 Å². The van der Waals surface area contributed by atoms with Crippen LogP contribution in [0, 0.1) is 0 Å². The number of ether oxygens (including phenoxy) is 1. The molecule has 0 radical (unpaired) electrons. The molecule has 8 heteroatoms. The number of carbonyl (C=O) groups excluding carboxylic acids is 1. The molecule has 0 unspecified atom stereocenters. The van der Waals surface area contributed by atoms with Crippen LogP contribution >= 0.6 is 11.8 Å². The summed E-state index contributed by atoms with van der Waals surface area (Å²) in [6.45, 7) is 2.98. The summed E-state index contributed by atoms with van der Waals surface area (Å²) in [6, 6.07) is 32.2. The monoisotopic (exact) mass is 560 g/mol. The van der Waals surface area contributed by atoms with Crippen molar-refractivity contribution in [3.05, 3.63) is 120 Å². The summed E-state index contributed by atoms with van der Waals surface area (Å²) in [5.41, 5.74) is 3.13. The Kier molecular flexibility index (Phi) is 9.68. The van der Waals surface area contributed by atoms with Gasteiger partial charge in [0.1, 0.15) is 12.4 Å². The number of hydrogen-bond donors (Lipinski definition) is 1. The molecule has 202 valence electrons. The Balaban J connectivity index is 1.38. The maximum absolute atomic E-state index is 12.8. The number of rotatable bonds is 12. The van der Waals surface area contributed by atoms with Gasteiger partial charge in [0, 0.05) is 15.4 Å². The second-order valence-electron chi connectivity index (χ2n) is 8.95. The van der Waals surface area contributed by atoms with Crippen LogP contribution in [0.2, 0.25) is 0 Å². The minimum Gasteiger partial charge on any atom is -0.492 e. The van der Waals surface area contributed by atoms with Gasteiger partial charge in [-0.1, -0.05) is 73.3 Å². The molecule has 39 heavy (non-hydrogen) atoms.